The number of hydrogen-bond donors (Lipinski definition) is 2. The number of aromatic nitrogens is 1. The van der Waals surface area contributed by atoms with Gasteiger partial charge in [-0.15, -0.1) is 0 Å². The molecule has 2 aliphatic rings. The molecule has 2 saturated carbocycles. The number of amides is 1. The topological polar surface area (TPSA) is 71.5 Å². The van der Waals surface area contributed by atoms with Gasteiger partial charge in [-0.1, -0.05) is 0 Å². The van der Waals surface area contributed by atoms with Crippen molar-refractivity contribution in [2.75, 3.05) is 0 Å². The lowest BCUT2D eigenvalue weighted by Crippen LogP contribution is -2.54. The third-order valence-electron chi connectivity index (χ3n) is 4.95. The molecule has 156 valence electrons. The standard InChI is InChI=1S/C18H21F5N2O3/c1-10(18(21,22)23)28-14-6-12(4-5-24-14)15(11-2-3-11)25-13(26)7-16(27)8-17(19,20)9-16/h4-6,10-11,15,27H,2-3,7-9H2,1H3,(H,25,26)/t10-,15?/m1/s1. The van der Waals surface area contributed by atoms with Crippen molar-refractivity contribution >= 4 is 5.91 Å². The van der Waals surface area contributed by atoms with Crippen LogP contribution in [0, 0.1) is 5.92 Å². The van der Waals surface area contributed by atoms with Crippen molar-refractivity contribution in [1.29, 1.82) is 0 Å². The normalized spacial score (nSPS) is 22.7. The number of pyridine rings is 1. The molecule has 0 bridgehead atoms. The molecule has 0 aliphatic heterocycles. The molecule has 1 aromatic rings. The van der Waals surface area contributed by atoms with Gasteiger partial charge in [-0.2, -0.15) is 13.2 Å². The Balaban J connectivity index is 1.66. The van der Waals surface area contributed by atoms with E-state index in [1.54, 1.807) is 6.07 Å². The minimum atomic E-state index is -4.54. The number of rotatable bonds is 7. The Bertz CT molecular complexity index is 728. The van der Waals surface area contributed by atoms with Crippen LogP contribution in [0.2, 0.25) is 0 Å². The molecule has 1 unspecified atom stereocenters. The molecule has 0 radical (unpaired) electrons. The second kappa shape index (κ2) is 7.13. The van der Waals surface area contributed by atoms with Gasteiger partial charge in [0.05, 0.1) is 18.1 Å². The summed E-state index contributed by atoms with van der Waals surface area (Å²) < 4.78 is 68.8. The number of carbonyl (C=O) groups is 1. The van der Waals surface area contributed by atoms with Crippen LogP contribution in [0.4, 0.5) is 22.0 Å². The first kappa shape index (κ1) is 20.8. The van der Waals surface area contributed by atoms with E-state index >= 15 is 0 Å². The second-order valence-corrected chi connectivity index (χ2v) is 7.72. The summed E-state index contributed by atoms with van der Waals surface area (Å²) in [6, 6.07) is 2.38. The molecule has 0 saturated heterocycles. The highest BCUT2D eigenvalue weighted by atomic mass is 19.4. The van der Waals surface area contributed by atoms with E-state index in [0.717, 1.165) is 19.8 Å². The zero-order valence-electron chi connectivity index (χ0n) is 15.1. The van der Waals surface area contributed by atoms with Gasteiger partial charge < -0.3 is 15.2 Å². The SMILES string of the molecule is C[C@@H](Oc1cc(C(NC(=O)CC2(O)CC(F)(F)C2)C2CC2)ccn1)C(F)(F)F. The molecular formula is C18H21F5N2O3. The largest absolute Gasteiger partial charge is 0.465 e. The van der Waals surface area contributed by atoms with Crippen molar-refractivity contribution in [1.82, 2.24) is 10.3 Å². The molecule has 0 aromatic carbocycles. The lowest BCUT2D eigenvalue weighted by Gasteiger charge is -2.42. The third-order valence-corrected chi connectivity index (χ3v) is 4.95. The van der Waals surface area contributed by atoms with Crippen LogP contribution in [-0.4, -0.2) is 39.8 Å². The highest BCUT2D eigenvalue weighted by Gasteiger charge is 2.56. The Kier molecular flexibility index (Phi) is 5.28. The quantitative estimate of drug-likeness (QED) is 0.678. The third kappa shape index (κ3) is 5.09. The first-order valence-electron chi connectivity index (χ1n) is 8.96. The summed E-state index contributed by atoms with van der Waals surface area (Å²) in [4.78, 5) is 16.0. The maximum absolute atomic E-state index is 13.0. The first-order chi connectivity index (χ1) is 12.9. The summed E-state index contributed by atoms with van der Waals surface area (Å²) in [5.74, 6) is -3.69. The van der Waals surface area contributed by atoms with Crippen LogP contribution >= 0.6 is 0 Å². The number of nitrogens with one attached hydrogen (secondary N) is 1. The van der Waals surface area contributed by atoms with Gasteiger partial charge in [-0.25, -0.2) is 13.8 Å². The van der Waals surface area contributed by atoms with Crippen molar-refractivity contribution in [2.24, 2.45) is 5.92 Å². The van der Waals surface area contributed by atoms with Crippen LogP contribution in [0.3, 0.4) is 0 Å². The molecule has 1 aromatic heterocycles. The highest BCUT2D eigenvalue weighted by Crippen LogP contribution is 2.48. The summed E-state index contributed by atoms with van der Waals surface area (Å²) in [5.41, 5.74) is -1.21. The fourth-order valence-corrected chi connectivity index (χ4v) is 3.39. The maximum Gasteiger partial charge on any atom is 0.425 e. The van der Waals surface area contributed by atoms with Crippen molar-refractivity contribution in [3.63, 3.8) is 0 Å². The molecule has 10 heteroatoms. The van der Waals surface area contributed by atoms with Gasteiger partial charge in [0.15, 0.2) is 6.10 Å². The predicted molar refractivity (Wildman–Crippen MR) is 87.7 cm³/mol. The molecule has 1 heterocycles. The predicted octanol–water partition coefficient (Wildman–Crippen LogP) is 3.53. The number of hydrogen-bond acceptors (Lipinski definition) is 4. The summed E-state index contributed by atoms with van der Waals surface area (Å²) in [6.45, 7) is 0.865. The van der Waals surface area contributed by atoms with Crippen LogP contribution in [-0.2, 0) is 4.79 Å². The van der Waals surface area contributed by atoms with Crippen molar-refractivity contribution in [2.45, 2.75) is 68.9 Å². The summed E-state index contributed by atoms with van der Waals surface area (Å²) in [6.07, 6.45) is -5.65. The van der Waals surface area contributed by atoms with Gasteiger partial charge in [-0.05, 0) is 37.3 Å². The Morgan fingerprint density at radius 2 is 2.04 bits per heavy atom. The molecule has 3 rings (SSSR count). The molecule has 2 atom stereocenters. The Morgan fingerprint density at radius 1 is 1.39 bits per heavy atom. The Labute approximate surface area is 158 Å². The summed E-state index contributed by atoms with van der Waals surface area (Å²) >= 11 is 0. The number of carbonyl (C=O) groups excluding carboxylic acids is 1. The monoisotopic (exact) mass is 408 g/mol. The van der Waals surface area contributed by atoms with Gasteiger partial charge in [0, 0.05) is 25.1 Å². The Morgan fingerprint density at radius 3 is 2.57 bits per heavy atom. The number of halogens is 5. The zero-order valence-corrected chi connectivity index (χ0v) is 15.1. The van der Waals surface area contributed by atoms with Gasteiger partial charge in [0.25, 0.3) is 5.92 Å². The van der Waals surface area contributed by atoms with Crippen LogP contribution in [0.15, 0.2) is 18.3 Å². The highest BCUT2D eigenvalue weighted by molar-refractivity contribution is 5.78. The zero-order chi connectivity index (χ0) is 20.7. The van der Waals surface area contributed by atoms with E-state index in [1.165, 1.54) is 12.3 Å². The number of nitrogens with zero attached hydrogens (tertiary/aromatic N) is 1. The van der Waals surface area contributed by atoms with Gasteiger partial charge >= 0.3 is 6.18 Å². The molecule has 2 fully saturated rings. The number of ether oxygens (including phenoxy) is 1. The fourth-order valence-electron chi connectivity index (χ4n) is 3.39. The minimum Gasteiger partial charge on any atom is -0.465 e. The van der Waals surface area contributed by atoms with E-state index in [9.17, 15) is 31.9 Å². The van der Waals surface area contributed by atoms with Gasteiger partial charge in [0.2, 0.25) is 11.8 Å². The molecule has 2 aliphatic carbocycles. The summed E-state index contributed by atoms with van der Waals surface area (Å²) in [5, 5.41) is 12.7. The molecule has 28 heavy (non-hydrogen) atoms. The minimum absolute atomic E-state index is 0.0803. The van der Waals surface area contributed by atoms with Gasteiger partial charge in [-0.3, -0.25) is 4.79 Å². The Hall–Kier alpha value is -1.97. The molecule has 5 nitrogen and oxygen atoms in total. The lowest BCUT2D eigenvalue weighted by molar-refractivity contribution is -0.207. The molecule has 1 amide bonds. The van der Waals surface area contributed by atoms with Gasteiger partial charge in [0.1, 0.15) is 0 Å². The van der Waals surface area contributed by atoms with Crippen LogP contribution in [0.5, 0.6) is 5.88 Å². The average Bonchev–Trinajstić information content (AvgIpc) is 3.34. The second-order valence-electron chi connectivity index (χ2n) is 7.72. The van der Waals surface area contributed by atoms with E-state index in [4.69, 9.17) is 4.74 Å². The van der Waals surface area contributed by atoms with Crippen LogP contribution in [0.1, 0.15) is 50.6 Å². The molecular weight excluding hydrogens is 387 g/mol. The van der Waals surface area contributed by atoms with Crippen LogP contribution < -0.4 is 10.1 Å². The van der Waals surface area contributed by atoms with E-state index < -0.39 is 55.0 Å². The van der Waals surface area contributed by atoms with Crippen LogP contribution in [0.25, 0.3) is 0 Å². The summed E-state index contributed by atoms with van der Waals surface area (Å²) in [7, 11) is 0. The molecule has 0 spiro atoms. The maximum atomic E-state index is 13.0. The van der Waals surface area contributed by atoms with E-state index in [-0.39, 0.29) is 11.8 Å². The fraction of sp³-hybridized carbons (Fsp3) is 0.667. The number of aliphatic hydroxyl groups is 1. The molecule has 2 N–H and O–H groups in total. The van der Waals surface area contributed by atoms with Crippen molar-refractivity contribution in [3.8, 4) is 5.88 Å². The van der Waals surface area contributed by atoms with E-state index in [1.807, 2.05) is 0 Å². The van der Waals surface area contributed by atoms with Crippen molar-refractivity contribution in [3.05, 3.63) is 23.9 Å². The van der Waals surface area contributed by atoms with E-state index in [0.29, 0.717) is 5.56 Å². The van der Waals surface area contributed by atoms with Crippen molar-refractivity contribution < 1.29 is 36.6 Å². The average molecular weight is 408 g/mol. The lowest BCUT2D eigenvalue weighted by atomic mass is 9.74. The first-order valence-corrected chi connectivity index (χ1v) is 8.96. The number of alkyl halides is 5. The smallest absolute Gasteiger partial charge is 0.425 e. The van der Waals surface area contributed by atoms with E-state index in [2.05, 4.69) is 10.3 Å².